The first-order valence-electron chi connectivity index (χ1n) is 11.4. The standard InChI is InChI=1S/C26H28N4O4/c1-3-13-30-14-12-22-20(15-30)23(19-6-4-5-7-21(19)29-22)26(33)34-16(2)25(32)28-18-10-8-17(9-11-18)24(27)31/h4-11,16H,3,12-15H2,1-2H3,(H2,27,31)(H,28,32). The number of primary amides is 1. The van der Waals surface area contributed by atoms with E-state index in [-0.39, 0.29) is 0 Å². The number of fused-ring (bicyclic) bond motifs is 2. The van der Waals surface area contributed by atoms with Crippen molar-refractivity contribution >= 4 is 34.4 Å². The van der Waals surface area contributed by atoms with Crippen LogP contribution in [0.3, 0.4) is 0 Å². The Morgan fingerprint density at radius 1 is 1.15 bits per heavy atom. The number of anilines is 1. The SMILES string of the molecule is CCCN1CCc2nc3ccccc3c(C(=O)OC(C)C(=O)Nc3ccc(C(N)=O)cc3)c2C1. The van der Waals surface area contributed by atoms with Gasteiger partial charge in [0.05, 0.1) is 11.1 Å². The molecule has 0 saturated carbocycles. The zero-order valence-corrected chi connectivity index (χ0v) is 19.3. The van der Waals surface area contributed by atoms with E-state index in [1.54, 1.807) is 12.1 Å². The summed E-state index contributed by atoms with van der Waals surface area (Å²) < 4.78 is 5.63. The first-order valence-corrected chi connectivity index (χ1v) is 11.4. The van der Waals surface area contributed by atoms with Gasteiger partial charge in [0.25, 0.3) is 5.91 Å². The number of amides is 2. The van der Waals surface area contributed by atoms with Crippen molar-refractivity contribution in [2.24, 2.45) is 5.73 Å². The van der Waals surface area contributed by atoms with E-state index in [0.717, 1.165) is 48.1 Å². The smallest absolute Gasteiger partial charge is 0.339 e. The van der Waals surface area contributed by atoms with Crippen molar-refractivity contribution in [1.29, 1.82) is 0 Å². The number of pyridine rings is 1. The van der Waals surface area contributed by atoms with Crippen molar-refractivity contribution in [2.45, 2.75) is 39.3 Å². The van der Waals surface area contributed by atoms with E-state index < -0.39 is 23.9 Å². The molecule has 3 aromatic rings. The van der Waals surface area contributed by atoms with E-state index in [9.17, 15) is 14.4 Å². The quantitative estimate of drug-likeness (QED) is 0.523. The van der Waals surface area contributed by atoms with Gasteiger partial charge in [-0.2, -0.15) is 0 Å². The van der Waals surface area contributed by atoms with Crippen LogP contribution in [0.1, 0.15) is 52.2 Å². The molecule has 0 spiro atoms. The number of para-hydroxylation sites is 1. The summed E-state index contributed by atoms with van der Waals surface area (Å²) in [5.74, 6) is -1.56. The van der Waals surface area contributed by atoms with Crippen LogP contribution >= 0.6 is 0 Å². The number of hydrogen-bond acceptors (Lipinski definition) is 6. The Balaban J connectivity index is 1.56. The third-order valence-electron chi connectivity index (χ3n) is 5.96. The van der Waals surface area contributed by atoms with Crippen LogP contribution in [0, 0.1) is 0 Å². The van der Waals surface area contributed by atoms with Gasteiger partial charge >= 0.3 is 5.97 Å². The Morgan fingerprint density at radius 2 is 1.88 bits per heavy atom. The molecular formula is C26H28N4O4. The van der Waals surface area contributed by atoms with Gasteiger partial charge in [0.1, 0.15) is 0 Å². The van der Waals surface area contributed by atoms with Gasteiger partial charge in [-0.1, -0.05) is 25.1 Å². The number of hydrogen-bond donors (Lipinski definition) is 2. The number of rotatable bonds is 7. The Labute approximate surface area is 198 Å². The summed E-state index contributed by atoms with van der Waals surface area (Å²) in [5.41, 5.74) is 9.05. The fraction of sp³-hybridized carbons (Fsp3) is 0.308. The maximum atomic E-state index is 13.4. The average molecular weight is 461 g/mol. The highest BCUT2D eigenvalue weighted by Gasteiger charge is 2.28. The average Bonchev–Trinajstić information content (AvgIpc) is 2.83. The Hall–Kier alpha value is -3.78. The molecule has 0 radical (unpaired) electrons. The lowest BCUT2D eigenvalue weighted by Gasteiger charge is -2.29. The molecule has 8 heteroatoms. The largest absolute Gasteiger partial charge is 0.449 e. The van der Waals surface area contributed by atoms with Crippen LogP contribution in [0.25, 0.3) is 10.9 Å². The molecule has 34 heavy (non-hydrogen) atoms. The molecule has 4 rings (SSSR count). The lowest BCUT2D eigenvalue weighted by Crippen LogP contribution is -2.34. The number of benzene rings is 2. The Bertz CT molecular complexity index is 1240. The van der Waals surface area contributed by atoms with Crippen molar-refractivity contribution in [3.63, 3.8) is 0 Å². The first-order chi connectivity index (χ1) is 16.4. The van der Waals surface area contributed by atoms with Gasteiger partial charge in [-0.25, -0.2) is 4.79 Å². The fourth-order valence-electron chi connectivity index (χ4n) is 4.22. The van der Waals surface area contributed by atoms with Gasteiger partial charge in [0.2, 0.25) is 5.91 Å². The summed E-state index contributed by atoms with van der Waals surface area (Å²) in [6.45, 7) is 6.12. The Morgan fingerprint density at radius 3 is 2.59 bits per heavy atom. The summed E-state index contributed by atoms with van der Waals surface area (Å²) in [6, 6.07) is 13.7. The van der Waals surface area contributed by atoms with Crippen LogP contribution in [-0.4, -0.2) is 46.9 Å². The number of carbonyl (C=O) groups excluding carboxylic acids is 3. The molecule has 2 heterocycles. The minimum Gasteiger partial charge on any atom is -0.449 e. The van der Waals surface area contributed by atoms with Crippen LogP contribution in [0.5, 0.6) is 0 Å². The predicted molar refractivity (Wildman–Crippen MR) is 129 cm³/mol. The number of esters is 1. The zero-order valence-electron chi connectivity index (χ0n) is 19.3. The number of nitrogens with two attached hydrogens (primary N) is 1. The van der Waals surface area contributed by atoms with Crippen molar-refractivity contribution in [2.75, 3.05) is 18.4 Å². The number of nitrogens with one attached hydrogen (secondary N) is 1. The third-order valence-corrected chi connectivity index (χ3v) is 5.96. The maximum absolute atomic E-state index is 13.4. The van der Waals surface area contributed by atoms with Crippen LogP contribution in [-0.2, 0) is 22.5 Å². The highest BCUT2D eigenvalue weighted by molar-refractivity contribution is 6.06. The zero-order chi connectivity index (χ0) is 24.2. The van der Waals surface area contributed by atoms with Crippen molar-refractivity contribution in [1.82, 2.24) is 9.88 Å². The first kappa shape index (κ1) is 23.4. The lowest BCUT2D eigenvalue weighted by molar-refractivity contribution is -0.123. The van der Waals surface area contributed by atoms with Crippen LogP contribution in [0.2, 0.25) is 0 Å². The highest BCUT2D eigenvalue weighted by atomic mass is 16.5. The topological polar surface area (TPSA) is 115 Å². The van der Waals surface area contributed by atoms with Crippen molar-refractivity contribution < 1.29 is 19.1 Å². The number of ether oxygens (including phenoxy) is 1. The molecule has 1 aliphatic rings. The van der Waals surface area contributed by atoms with Crippen LogP contribution < -0.4 is 11.1 Å². The van der Waals surface area contributed by atoms with Crippen molar-refractivity contribution in [3.05, 3.63) is 70.9 Å². The normalized spacial score (nSPS) is 14.3. The van der Waals surface area contributed by atoms with Gasteiger partial charge < -0.3 is 15.8 Å². The van der Waals surface area contributed by atoms with Gasteiger partial charge in [0.15, 0.2) is 6.10 Å². The van der Waals surface area contributed by atoms with E-state index in [1.807, 2.05) is 24.3 Å². The van der Waals surface area contributed by atoms with Crippen LogP contribution in [0.15, 0.2) is 48.5 Å². The molecule has 176 valence electrons. The minimum atomic E-state index is -1.03. The second kappa shape index (κ2) is 10.0. The molecule has 0 fully saturated rings. The number of nitrogens with zero attached hydrogens (tertiary/aromatic N) is 2. The molecule has 1 aromatic heterocycles. The van der Waals surface area contributed by atoms with Crippen LogP contribution in [0.4, 0.5) is 5.69 Å². The van der Waals surface area contributed by atoms with Gasteiger partial charge in [-0.05, 0) is 50.2 Å². The predicted octanol–water partition coefficient (Wildman–Crippen LogP) is 3.29. The van der Waals surface area contributed by atoms with E-state index >= 15 is 0 Å². The van der Waals surface area contributed by atoms with Gasteiger partial charge in [-0.15, -0.1) is 0 Å². The second-order valence-electron chi connectivity index (χ2n) is 8.43. The minimum absolute atomic E-state index is 0.337. The summed E-state index contributed by atoms with van der Waals surface area (Å²) in [6.07, 6.45) is 0.757. The number of carbonyl (C=O) groups is 3. The van der Waals surface area contributed by atoms with E-state index in [1.165, 1.54) is 19.1 Å². The molecule has 3 N–H and O–H groups in total. The lowest BCUT2D eigenvalue weighted by atomic mass is 9.95. The monoisotopic (exact) mass is 460 g/mol. The molecule has 0 bridgehead atoms. The van der Waals surface area contributed by atoms with Crippen molar-refractivity contribution in [3.8, 4) is 0 Å². The number of aromatic nitrogens is 1. The fourth-order valence-corrected chi connectivity index (χ4v) is 4.22. The molecular weight excluding hydrogens is 432 g/mol. The summed E-state index contributed by atoms with van der Waals surface area (Å²) >= 11 is 0. The van der Waals surface area contributed by atoms with E-state index in [4.69, 9.17) is 15.5 Å². The van der Waals surface area contributed by atoms with Gasteiger partial charge in [0, 0.05) is 47.4 Å². The molecule has 0 aliphatic carbocycles. The summed E-state index contributed by atoms with van der Waals surface area (Å²) in [5, 5.41) is 3.42. The Kier molecular flexibility index (Phi) is 6.88. The summed E-state index contributed by atoms with van der Waals surface area (Å²) in [4.78, 5) is 44.4. The van der Waals surface area contributed by atoms with Gasteiger partial charge in [-0.3, -0.25) is 19.5 Å². The molecule has 2 aromatic carbocycles. The molecule has 8 nitrogen and oxygen atoms in total. The molecule has 1 aliphatic heterocycles. The van der Waals surface area contributed by atoms with E-state index in [0.29, 0.717) is 23.4 Å². The molecule has 1 atom stereocenters. The molecule has 2 amide bonds. The van der Waals surface area contributed by atoms with E-state index in [2.05, 4.69) is 17.1 Å². The molecule has 1 unspecified atom stereocenters. The third kappa shape index (κ3) is 4.92. The molecule has 0 saturated heterocycles. The summed E-state index contributed by atoms with van der Waals surface area (Å²) in [7, 11) is 0. The second-order valence-corrected chi connectivity index (χ2v) is 8.43. The maximum Gasteiger partial charge on any atom is 0.339 e. The highest BCUT2D eigenvalue weighted by Crippen LogP contribution is 2.29.